The molecule has 3 atom stereocenters. The van der Waals surface area contributed by atoms with Gasteiger partial charge in [-0.3, -0.25) is 13.8 Å². The largest absolute Gasteiger partial charge is 0.472 e. The monoisotopic (exact) mass is 1020 g/mol. The lowest BCUT2D eigenvalue weighted by Gasteiger charge is -2.26. The number of carbonyl (C=O) groups is 1. The Kier molecular flexibility index (Phi) is 52.1. The molecule has 0 saturated carbocycles. The molecule has 0 aliphatic rings. The highest BCUT2D eigenvalue weighted by Crippen LogP contribution is 2.43. The third kappa shape index (κ3) is 56.0. The van der Waals surface area contributed by atoms with E-state index in [4.69, 9.17) is 9.05 Å². The molecule has 0 heterocycles. The fourth-order valence-corrected chi connectivity index (χ4v) is 9.84. The van der Waals surface area contributed by atoms with Gasteiger partial charge in [-0.1, -0.05) is 281 Å². The molecule has 418 valence electrons. The zero-order valence-electron chi connectivity index (χ0n) is 47.7. The van der Waals surface area contributed by atoms with Gasteiger partial charge >= 0.3 is 7.82 Å². The van der Waals surface area contributed by atoms with Crippen molar-refractivity contribution in [1.82, 2.24) is 5.32 Å². The molecule has 1 amide bonds. The van der Waals surface area contributed by atoms with E-state index >= 15 is 0 Å². The lowest BCUT2D eigenvalue weighted by atomic mass is 10.0. The second-order valence-corrected chi connectivity index (χ2v) is 23.5. The molecule has 0 rings (SSSR count). The summed E-state index contributed by atoms with van der Waals surface area (Å²) < 4.78 is 23.7. The number of aliphatic hydroxyl groups is 1. The Labute approximate surface area is 441 Å². The Balaban J connectivity index is 3.87. The van der Waals surface area contributed by atoms with Gasteiger partial charge in [0.25, 0.3) is 0 Å². The maximum absolute atomic E-state index is 13.0. The van der Waals surface area contributed by atoms with E-state index in [0.717, 1.165) is 64.2 Å². The molecule has 71 heavy (non-hydrogen) atoms. The molecule has 3 N–H and O–H groups in total. The number of aliphatic hydroxyl groups excluding tert-OH is 1. The van der Waals surface area contributed by atoms with Crippen molar-refractivity contribution in [3.8, 4) is 0 Å². The first-order valence-corrected chi connectivity index (χ1v) is 32.0. The lowest BCUT2D eigenvalue weighted by Crippen LogP contribution is -2.46. The zero-order chi connectivity index (χ0) is 52.0. The van der Waals surface area contributed by atoms with Crippen LogP contribution in [-0.4, -0.2) is 73.4 Å². The summed E-state index contributed by atoms with van der Waals surface area (Å²) in [6, 6.07) is -0.758. The number of hydrogen-bond acceptors (Lipinski definition) is 5. The Hall–Kier alpha value is -1.54. The van der Waals surface area contributed by atoms with Gasteiger partial charge in [0.2, 0.25) is 5.91 Å². The minimum atomic E-state index is -4.32. The number of nitrogens with zero attached hydrogens (tertiary/aromatic N) is 1. The van der Waals surface area contributed by atoms with Gasteiger partial charge < -0.3 is 19.8 Å². The Morgan fingerprint density at radius 1 is 0.493 bits per heavy atom. The molecule has 3 unspecified atom stereocenters. The van der Waals surface area contributed by atoms with E-state index in [1.807, 2.05) is 21.1 Å². The van der Waals surface area contributed by atoms with Crippen LogP contribution in [0.15, 0.2) is 48.6 Å². The number of unbranched alkanes of at least 4 members (excludes halogenated alkanes) is 35. The number of carbonyl (C=O) groups excluding carboxylic acids is 1. The molecule has 0 aromatic rings. The zero-order valence-corrected chi connectivity index (χ0v) is 48.6. The molecular weight excluding hydrogens is 900 g/mol. The Bertz CT molecular complexity index is 1290. The summed E-state index contributed by atoms with van der Waals surface area (Å²) in [4.78, 5) is 23.3. The number of quaternary nitrogens is 1. The summed E-state index contributed by atoms with van der Waals surface area (Å²) in [7, 11) is 1.63. The van der Waals surface area contributed by atoms with Crippen LogP contribution in [0.3, 0.4) is 0 Å². The Morgan fingerprint density at radius 2 is 0.845 bits per heavy atom. The minimum absolute atomic E-state index is 0.0763. The van der Waals surface area contributed by atoms with Crippen molar-refractivity contribution in [3.63, 3.8) is 0 Å². The summed E-state index contributed by atoms with van der Waals surface area (Å²) in [6.07, 6.45) is 70.6. The highest BCUT2D eigenvalue weighted by atomic mass is 31.2. The number of hydrogen-bond donors (Lipinski definition) is 3. The number of rotatable bonds is 56. The van der Waals surface area contributed by atoms with Crippen LogP contribution in [0.5, 0.6) is 0 Å². The smallest absolute Gasteiger partial charge is 0.391 e. The molecule has 0 aromatic carbocycles. The van der Waals surface area contributed by atoms with E-state index < -0.39 is 20.0 Å². The molecule has 0 aliphatic heterocycles. The molecule has 0 radical (unpaired) electrons. The average Bonchev–Trinajstić information content (AvgIpc) is 3.33. The normalized spacial score (nSPS) is 14.2. The molecule has 0 saturated heterocycles. The molecular formula is C62H120N2O6P+. The van der Waals surface area contributed by atoms with Crippen molar-refractivity contribution >= 4 is 13.7 Å². The molecule has 9 heteroatoms. The minimum Gasteiger partial charge on any atom is -0.391 e. The number of nitrogens with one attached hydrogen (secondary N) is 1. The lowest BCUT2D eigenvalue weighted by molar-refractivity contribution is -0.870. The van der Waals surface area contributed by atoms with Crippen LogP contribution in [0.2, 0.25) is 0 Å². The van der Waals surface area contributed by atoms with Crippen molar-refractivity contribution in [3.05, 3.63) is 48.6 Å². The highest BCUT2D eigenvalue weighted by molar-refractivity contribution is 7.47. The third-order valence-electron chi connectivity index (χ3n) is 13.8. The number of phosphoric ester groups is 1. The van der Waals surface area contributed by atoms with Crippen LogP contribution >= 0.6 is 7.82 Å². The van der Waals surface area contributed by atoms with Crippen LogP contribution in [0.1, 0.15) is 290 Å². The predicted octanol–water partition coefficient (Wildman–Crippen LogP) is 18.7. The van der Waals surface area contributed by atoms with Crippen LogP contribution in [0, 0.1) is 0 Å². The fourth-order valence-electron chi connectivity index (χ4n) is 9.10. The molecule has 8 nitrogen and oxygen atoms in total. The number of phosphoric acid groups is 1. The summed E-state index contributed by atoms with van der Waals surface area (Å²) >= 11 is 0. The first-order valence-electron chi connectivity index (χ1n) is 30.5. The van der Waals surface area contributed by atoms with E-state index in [1.165, 1.54) is 199 Å². The molecule has 0 aliphatic carbocycles. The van der Waals surface area contributed by atoms with Gasteiger partial charge in [0.15, 0.2) is 0 Å². The maximum atomic E-state index is 13.0. The van der Waals surface area contributed by atoms with Gasteiger partial charge in [-0.25, -0.2) is 4.57 Å². The number of amides is 1. The van der Waals surface area contributed by atoms with Crippen LogP contribution in [-0.2, 0) is 18.4 Å². The summed E-state index contributed by atoms with van der Waals surface area (Å²) in [5.74, 6) is -0.140. The standard InChI is InChI=1S/C62H119N2O6P/c1-6-8-10-12-14-16-18-20-21-22-23-24-25-26-27-28-29-30-31-32-33-34-35-36-37-38-39-40-41-42-43-44-46-48-50-52-54-56-62(66)63-60(59-70-71(67,68)69-58-57-64(3,4)5)61(65)55-53-51-49-47-45-19-17-15-13-11-9-7-2/h8,10,14,16,20-21,23-24,60-61,65H,6-7,9,11-13,15,17-19,22,25-59H2,1-5H3,(H-,63,66,67,68)/p+1/b10-8-,16-14-,21-20-,24-23-. The van der Waals surface area contributed by atoms with Crippen molar-refractivity contribution in [2.24, 2.45) is 0 Å². The van der Waals surface area contributed by atoms with Crippen LogP contribution in [0.25, 0.3) is 0 Å². The summed E-state index contributed by atoms with van der Waals surface area (Å²) in [5.41, 5.74) is 0. The Morgan fingerprint density at radius 3 is 1.24 bits per heavy atom. The van der Waals surface area contributed by atoms with E-state index in [0.29, 0.717) is 23.9 Å². The van der Waals surface area contributed by atoms with Gasteiger partial charge in [-0.05, 0) is 51.4 Å². The molecule has 0 fully saturated rings. The van der Waals surface area contributed by atoms with Crippen molar-refractivity contribution in [2.45, 2.75) is 302 Å². The number of allylic oxidation sites excluding steroid dienone is 8. The third-order valence-corrected chi connectivity index (χ3v) is 14.8. The molecule has 0 bridgehead atoms. The quantitative estimate of drug-likeness (QED) is 0.0243. The van der Waals surface area contributed by atoms with E-state index in [1.54, 1.807) is 0 Å². The SMILES string of the molecule is CC/C=C\C/C=C\C/C=C\C/C=C\CCCCCCCCCCCCCCCCCCCCCCCCCCC(=O)NC(COP(=O)(O)OCC[N+](C)(C)C)C(O)CCCCCCCCCCCCCC. The average molecular weight is 1020 g/mol. The molecule has 0 spiro atoms. The second kappa shape index (κ2) is 53.3. The van der Waals surface area contributed by atoms with Crippen LogP contribution in [0.4, 0.5) is 0 Å². The first-order chi connectivity index (χ1) is 34.5. The second-order valence-electron chi connectivity index (χ2n) is 22.1. The number of likely N-dealkylation sites (N-methyl/N-ethyl adjacent to an activating group) is 1. The maximum Gasteiger partial charge on any atom is 0.472 e. The first kappa shape index (κ1) is 69.5. The van der Waals surface area contributed by atoms with E-state index in [2.05, 4.69) is 67.8 Å². The summed E-state index contributed by atoms with van der Waals surface area (Å²) in [5, 5.41) is 14.0. The van der Waals surface area contributed by atoms with Gasteiger partial charge in [0.05, 0.1) is 39.9 Å². The van der Waals surface area contributed by atoms with Crippen LogP contribution < -0.4 is 5.32 Å². The highest BCUT2D eigenvalue weighted by Gasteiger charge is 2.28. The van der Waals surface area contributed by atoms with Crippen molar-refractivity contribution in [2.75, 3.05) is 40.9 Å². The van der Waals surface area contributed by atoms with E-state index in [9.17, 15) is 19.4 Å². The van der Waals surface area contributed by atoms with Crippen molar-refractivity contribution in [1.29, 1.82) is 0 Å². The molecule has 0 aromatic heterocycles. The predicted molar refractivity (Wildman–Crippen MR) is 309 cm³/mol. The fraction of sp³-hybridized carbons (Fsp3) is 0.855. The topological polar surface area (TPSA) is 105 Å². The van der Waals surface area contributed by atoms with Crippen molar-refractivity contribution < 1.29 is 32.9 Å². The van der Waals surface area contributed by atoms with Gasteiger partial charge in [0, 0.05) is 6.42 Å². The van der Waals surface area contributed by atoms with Gasteiger partial charge in [-0.15, -0.1) is 0 Å². The van der Waals surface area contributed by atoms with E-state index in [-0.39, 0.29) is 19.1 Å². The van der Waals surface area contributed by atoms with Gasteiger partial charge in [0.1, 0.15) is 13.2 Å². The van der Waals surface area contributed by atoms with Gasteiger partial charge in [-0.2, -0.15) is 0 Å². The summed E-state index contributed by atoms with van der Waals surface area (Å²) in [6.45, 7) is 4.79.